The van der Waals surface area contributed by atoms with Gasteiger partial charge >= 0.3 is 6.09 Å². The van der Waals surface area contributed by atoms with E-state index in [4.69, 9.17) is 4.74 Å². The molecule has 1 atom stereocenters. The molecular formula is C15H20N2O3. The van der Waals surface area contributed by atoms with Gasteiger partial charge in [-0.2, -0.15) is 0 Å². The number of hydrogen-bond donors (Lipinski definition) is 1. The average molecular weight is 276 g/mol. The molecule has 1 aromatic rings. The van der Waals surface area contributed by atoms with Crippen molar-refractivity contribution in [3.05, 3.63) is 35.4 Å². The normalized spacial score (nSPS) is 18.0. The first kappa shape index (κ1) is 14.4. The number of aryl methyl sites for hydroxylation is 1. The van der Waals surface area contributed by atoms with Gasteiger partial charge in [0, 0.05) is 20.0 Å². The minimum absolute atomic E-state index is 0.0174. The first-order valence-corrected chi connectivity index (χ1v) is 6.78. The van der Waals surface area contributed by atoms with Gasteiger partial charge in [0.15, 0.2) is 0 Å². The Morgan fingerprint density at radius 3 is 2.70 bits per heavy atom. The third kappa shape index (κ3) is 3.98. The molecule has 20 heavy (non-hydrogen) atoms. The lowest BCUT2D eigenvalue weighted by Crippen LogP contribution is -2.25. The fourth-order valence-corrected chi connectivity index (χ4v) is 2.09. The van der Waals surface area contributed by atoms with E-state index in [1.54, 1.807) is 7.05 Å². The van der Waals surface area contributed by atoms with Crippen LogP contribution in [0, 0.1) is 6.92 Å². The van der Waals surface area contributed by atoms with Gasteiger partial charge in [-0.3, -0.25) is 4.79 Å². The van der Waals surface area contributed by atoms with Gasteiger partial charge < -0.3 is 15.0 Å². The van der Waals surface area contributed by atoms with Crippen molar-refractivity contribution < 1.29 is 14.3 Å². The zero-order chi connectivity index (χ0) is 14.5. The number of nitrogens with zero attached hydrogens (tertiary/aromatic N) is 1. The molecule has 0 spiro atoms. The second kappa shape index (κ2) is 6.41. The van der Waals surface area contributed by atoms with Crippen molar-refractivity contribution in [1.29, 1.82) is 0 Å². The first-order valence-electron chi connectivity index (χ1n) is 6.78. The van der Waals surface area contributed by atoms with Gasteiger partial charge in [0.2, 0.25) is 5.91 Å². The van der Waals surface area contributed by atoms with Crippen molar-refractivity contribution in [1.82, 2.24) is 10.2 Å². The monoisotopic (exact) mass is 276 g/mol. The number of hydrogen-bond acceptors (Lipinski definition) is 3. The Morgan fingerprint density at radius 2 is 2.10 bits per heavy atom. The summed E-state index contributed by atoms with van der Waals surface area (Å²) in [5.41, 5.74) is 2.28. The van der Waals surface area contributed by atoms with Gasteiger partial charge in [0.25, 0.3) is 0 Å². The van der Waals surface area contributed by atoms with Crippen LogP contribution < -0.4 is 5.32 Å². The maximum absolute atomic E-state index is 11.7. The zero-order valence-electron chi connectivity index (χ0n) is 11.9. The summed E-state index contributed by atoms with van der Waals surface area (Å²) in [4.78, 5) is 24.4. The predicted octanol–water partition coefficient (Wildman–Crippen LogP) is 1.84. The molecule has 2 rings (SSSR count). The van der Waals surface area contributed by atoms with Crippen molar-refractivity contribution in [3.63, 3.8) is 0 Å². The largest absolute Gasteiger partial charge is 0.444 e. The molecule has 1 unspecified atom stereocenters. The van der Waals surface area contributed by atoms with Crippen LogP contribution in [0.3, 0.4) is 0 Å². The van der Waals surface area contributed by atoms with Gasteiger partial charge in [-0.05, 0) is 18.9 Å². The number of nitrogens with one attached hydrogen (secondary N) is 1. The topological polar surface area (TPSA) is 58.6 Å². The molecule has 2 amide bonds. The average Bonchev–Trinajstić information content (AvgIpc) is 2.75. The number of amides is 2. The molecule has 1 N–H and O–H groups in total. The molecule has 1 fully saturated rings. The molecule has 0 aromatic heterocycles. The van der Waals surface area contributed by atoms with Gasteiger partial charge in [-0.15, -0.1) is 0 Å². The van der Waals surface area contributed by atoms with Crippen molar-refractivity contribution >= 4 is 12.0 Å². The lowest BCUT2D eigenvalue weighted by atomic mass is 10.1. The van der Waals surface area contributed by atoms with E-state index in [-0.39, 0.29) is 18.1 Å². The summed E-state index contributed by atoms with van der Waals surface area (Å²) >= 11 is 0. The van der Waals surface area contributed by atoms with E-state index in [1.807, 2.05) is 31.2 Å². The minimum atomic E-state index is -0.310. The summed E-state index contributed by atoms with van der Waals surface area (Å²) in [7, 11) is 1.69. The number of benzene rings is 1. The van der Waals surface area contributed by atoms with E-state index < -0.39 is 0 Å². The molecule has 0 saturated carbocycles. The molecule has 0 radical (unpaired) electrons. The third-order valence-electron chi connectivity index (χ3n) is 3.36. The van der Waals surface area contributed by atoms with E-state index in [0.29, 0.717) is 25.9 Å². The van der Waals surface area contributed by atoms with Crippen molar-refractivity contribution in [2.45, 2.75) is 32.4 Å². The summed E-state index contributed by atoms with van der Waals surface area (Å²) in [6.45, 7) is 3.12. The molecule has 5 heteroatoms. The molecule has 1 saturated heterocycles. The first-order chi connectivity index (χ1) is 9.54. The van der Waals surface area contributed by atoms with Crippen molar-refractivity contribution in [2.75, 3.05) is 13.6 Å². The number of cyclic esters (lactones) is 1. The highest BCUT2D eigenvalue weighted by Crippen LogP contribution is 2.13. The molecule has 1 aliphatic rings. The van der Waals surface area contributed by atoms with Crippen molar-refractivity contribution in [3.8, 4) is 0 Å². The van der Waals surface area contributed by atoms with Crippen molar-refractivity contribution in [2.24, 2.45) is 0 Å². The number of likely N-dealkylation sites (N-methyl/N-ethyl adjacent to an activating group) is 1. The summed E-state index contributed by atoms with van der Waals surface area (Å²) in [5, 5.41) is 2.87. The molecule has 0 bridgehead atoms. The summed E-state index contributed by atoms with van der Waals surface area (Å²) in [5.74, 6) is -0.0174. The highest BCUT2D eigenvalue weighted by molar-refractivity contribution is 5.76. The molecule has 5 nitrogen and oxygen atoms in total. The van der Waals surface area contributed by atoms with E-state index in [1.165, 1.54) is 10.5 Å². The number of ether oxygens (including phenoxy) is 1. The Bertz CT molecular complexity index is 484. The third-order valence-corrected chi connectivity index (χ3v) is 3.36. The summed E-state index contributed by atoms with van der Waals surface area (Å²) < 4.78 is 5.11. The van der Waals surface area contributed by atoms with Gasteiger partial charge in [-0.25, -0.2) is 4.79 Å². The number of rotatable bonds is 5. The summed E-state index contributed by atoms with van der Waals surface area (Å²) in [6.07, 6.45) is 0.459. The van der Waals surface area contributed by atoms with Crippen LogP contribution in [0.4, 0.5) is 4.79 Å². The van der Waals surface area contributed by atoms with E-state index in [0.717, 1.165) is 5.56 Å². The maximum Gasteiger partial charge on any atom is 0.409 e. The molecule has 0 aliphatic carbocycles. The Labute approximate surface area is 118 Å². The van der Waals surface area contributed by atoms with Crippen LogP contribution in [0.2, 0.25) is 0 Å². The van der Waals surface area contributed by atoms with E-state index in [2.05, 4.69) is 5.32 Å². The van der Waals surface area contributed by atoms with E-state index >= 15 is 0 Å². The van der Waals surface area contributed by atoms with E-state index in [9.17, 15) is 9.59 Å². The smallest absolute Gasteiger partial charge is 0.409 e. The van der Waals surface area contributed by atoms with Crippen LogP contribution in [0.5, 0.6) is 0 Å². The zero-order valence-corrected chi connectivity index (χ0v) is 11.9. The van der Waals surface area contributed by atoms with Crippen LogP contribution >= 0.6 is 0 Å². The highest BCUT2D eigenvalue weighted by atomic mass is 16.6. The molecular weight excluding hydrogens is 256 g/mol. The Kier molecular flexibility index (Phi) is 4.61. The summed E-state index contributed by atoms with van der Waals surface area (Å²) in [6, 6.07) is 8.05. The fourth-order valence-electron chi connectivity index (χ4n) is 2.09. The molecule has 1 aromatic carbocycles. The van der Waals surface area contributed by atoms with Gasteiger partial charge in [0.05, 0.1) is 6.54 Å². The van der Waals surface area contributed by atoms with Gasteiger partial charge in [-0.1, -0.05) is 29.8 Å². The Hall–Kier alpha value is -2.04. The second-order valence-electron chi connectivity index (χ2n) is 5.19. The number of carbonyl (C=O) groups excluding carboxylic acids is 2. The lowest BCUT2D eigenvalue weighted by Gasteiger charge is -2.09. The van der Waals surface area contributed by atoms with Crippen LogP contribution in [0.25, 0.3) is 0 Å². The highest BCUT2D eigenvalue weighted by Gasteiger charge is 2.28. The SMILES string of the molecule is Cc1ccc(CNC(=O)CCC2CN(C)C(=O)O2)cc1. The molecule has 108 valence electrons. The van der Waals surface area contributed by atoms with Crippen LogP contribution in [-0.4, -0.2) is 36.6 Å². The quantitative estimate of drug-likeness (QED) is 0.892. The standard InChI is InChI=1S/C15H20N2O3/c1-11-3-5-12(6-4-11)9-16-14(18)8-7-13-10-17(2)15(19)20-13/h3-6,13H,7-10H2,1-2H3,(H,16,18). The fraction of sp³-hybridized carbons (Fsp3) is 0.467. The number of carbonyl (C=O) groups is 2. The van der Waals surface area contributed by atoms with Crippen LogP contribution in [0.15, 0.2) is 24.3 Å². The second-order valence-corrected chi connectivity index (χ2v) is 5.19. The molecule has 1 aliphatic heterocycles. The Morgan fingerprint density at radius 1 is 1.40 bits per heavy atom. The maximum atomic E-state index is 11.7. The Balaban J connectivity index is 1.68. The minimum Gasteiger partial charge on any atom is -0.444 e. The van der Waals surface area contributed by atoms with Crippen LogP contribution in [-0.2, 0) is 16.1 Å². The molecule has 1 heterocycles. The van der Waals surface area contributed by atoms with Gasteiger partial charge in [0.1, 0.15) is 6.10 Å². The lowest BCUT2D eigenvalue weighted by molar-refractivity contribution is -0.121. The van der Waals surface area contributed by atoms with Crippen LogP contribution in [0.1, 0.15) is 24.0 Å². The predicted molar refractivity (Wildman–Crippen MR) is 75.2 cm³/mol.